The highest BCUT2D eigenvalue weighted by Gasteiger charge is 2.01. The van der Waals surface area contributed by atoms with Crippen molar-refractivity contribution in [1.82, 2.24) is 10.3 Å². The SMILES string of the molecule is O=CNC=Cc1cc2cc[nH]c2cc1O. The van der Waals surface area contributed by atoms with Gasteiger partial charge in [-0.15, -0.1) is 0 Å². The van der Waals surface area contributed by atoms with Crippen molar-refractivity contribution in [2.75, 3.05) is 0 Å². The summed E-state index contributed by atoms with van der Waals surface area (Å²) in [6.45, 7) is 0. The second-order valence-electron chi connectivity index (χ2n) is 3.09. The fourth-order valence-electron chi connectivity index (χ4n) is 1.42. The van der Waals surface area contributed by atoms with Crippen LogP contribution in [0, 0.1) is 0 Å². The first kappa shape index (κ1) is 9.33. The monoisotopic (exact) mass is 202 g/mol. The number of carbonyl (C=O) groups excluding carboxylic acids is 1. The molecule has 3 N–H and O–H groups in total. The fraction of sp³-hybridized carbons (Fsp3) is 0. The van der Waals surface area contributed by atoms with Crippen LogP contribution in [0.3, 0.4) is 0 Å². The molecule has 0 spiro atoms. The fourth-order valence-corrected chi connectivity index (χ4v) is 1.42. The van der Waals surface area contributed by atoms with Crippen LogP contribution in [-0.2, 0) is 4.79 Å². The van der Waals surface area contributed by atoms with E-state index < -0.39 is 0 Å². The van der Waals surface area contributed by atoms with Crippen molar-refractivity contribution in [2.45, 2.75) is 0 Å². The maximum atomic E-state index is 10.0. The first-order valence-electron chi connectivity index (χ1n) is 4.47. The summed E-state index contributed by atoms with van der Waals surface area (Å²) < 4.78 is 0. The maximum Gasteiger partial charge on any atom is 0.211 e. The summed E-state index contributed by atoms with van der Waals surface area (Å²) in [5.41, 5.74) is 1.55. The van der Waals surface area contributed by atoms with Gasteiger partial charge in [-0.25, -0.2) is 0 Å². The van der Waals surface area contributed by atoms with Gasteiger partial charge in [-0.05, 0) is 18.2 Å². The average molecular weight is 202 g/mol. The van der Waals surface area contributed by atoms with Crippen LogP contribution in [0.5, 0.6) is 5.75 Å². The van der Waals surface area contributed by atoms with Gasteiger partial charge >= 0.3 is 0 Å². The number of aromatic nitrogens is 1. The summed E-state index contributed by atoms with van der Waals surface area (Å²) >= 11 is 0. The molecule has 1 heterocycles. The van der Waals surface area contributed by atoms with E-state index in [1.807, 2.05) is 12.1 Å². The maximum absolute atomic E-state index is 10.0. The van der Waals surface area contributed by atoms with Crippen LogP contribution < -0.4 is 5.32 Å². The van der Waals surface area contributed by atoms with Gasteiger partial charge in [0.2, 0.25) is 6.41 Å². The normalized spacial score (nSPS) is 10.9. The quantitative estimate of drug-likeness (QED) is 0.662. The third kappa shape index (κ3) is 1.83. The van der Waals surface area contributed by atoms with Crippen molar-refractivity contribution in [2.24, 2.45) is 0 Å². The van der Waals surface area contributed by atoms with Crippen LogP contribution in [0.4, 0.5) is 0 Å². The van der Waals surface area contributed by atoms with E-state index in [9.17, 15) is 9.90 Å². The van der Waals surface area contributed by atoms with E-state index in [-0.39, 0.29) is 5.75 Å². The largest absolute Gasteiger partial charge is 0.507 e. The number of hydrogen-bond acceptors (Lipinski definition) is 2. The smallest absolute Gasteiger partial charge is 0.211 e. The Balaban J connectivity index is 2.41. The third-order valence-electron chi connectivity index (χ3n) is 2.13. The van der Waals surface area contributed by atoms with Gasteiger partial charge in [0.15, 0.2) is 0 Å². The molecule has 0 bridgehead atoms. The lowest BCUT2D eigenvalue weighted by atomic mass is 10.1. The molecule has 0 saturated heterocycles. The Morgan fingerprint density at radius 2 is 2.27 bits per heavy atom. The Morgan fingerprint density at radius 3 is 3.07 bits per heavy atom. The number of hydrogen-bond donors (Lipinski definition) is 3. The number of nitrogens with one attached hydrogen (secondary N) is 2. The lowest BCUT2D eigenvalue weighted by molar-refractivity contribution is -0.108. The van der Waals surface area contributed by atoms with Gasteiger partial charge in [0.1, 0.15) is 5.75 Å². The molecule has 0 aliphatic rings. The topological polar surface area (TPSA) is 65.1 Å². The van der Waals surface area contributed by atoms with Crippen LogP contribution in [-0.4, -0.2) is 16.5 Å². The molecule has 0 fully saturated rings. The van der Waals surface area contributed by atoms with E-state index in [4.69, 9.17) is 0 Å². The minimum absolute atomic E-state index is 0.175. The summed E-state index contributed by atoms with van der Waals surface area (Å²) in [5.74, 6) is 0.175. The minimum atomic E-state index is 0.175. The molecule has 1 aromatic heterocycles. The number of rotatable bonds is 3. The van der Waals surface area contributed by atoms with Gasteiger partial charge in [-0.3, -0.25) is 4.79 Å². The Bertz CT molecular complexity index is 514. The summed E-state index contributed by atoms with van der Waals surface area (Å²) in [5, 5.41) is 13.0. The minimum Gasteiger partial charge on any atom is -0.507 e. The van der Waals surface area contributed by atoms with E-state index in [1.165, 1.54) is 6.20 Å². The Hall–Kier alpha value is -2.23. The van der Waals surface area contributed by atoms with Crippen LogP contribution in [0.1, 0.15) is 5.56 Å². The molecule has 1 amide bonds. The summed E-state index contributed by atoms with van der Waals surface area (Å²) in [6.07, 6.45) is 5.49. The number of benzene rings is 1. The van der Waals surface area contributed by atoms with Gasteiger partial charge < -0.3 is 15.4 Å². The third-order valence-corrected chi connectivity index (χ3v) is 2.13. The number of carbonyl (C=O) groups is 1. The molecule has 0 saturated carbocycles. The molecule has 0 radical (unpaired) electrons. The highest BCUT2D eigenvalue weighted by atomic mass is 16.3. The van der Waals surface area contributed by atoms with E-state index in [0.717, 1.165) is 10.9 Å². The number of H-pyrrole nitrogens is 1. The summed E-state index contributed by atoms with van der Waals surface area (Å²) in [7, 11) is 0. The van der Waals surface area contributed by atoms with E-state index >= 15 is 0 Å². The zero-order chi connectivity index (χ0) is 10.7. The van der Waals surface area contributed by atoms with Crippen molar-refractivity contribution in [3.63, 3.8) is 0 Å². The van der Waals surface area contributed by atoms with Crippen LogP contribution >= 0.6 is 0 Å². The van der Waals surface area contributed by atoms with E-state index in [0.29, 0.717) is 12.0 Å². The molecule has 0 aliphatic carbocycles. The molecule has 0 atom stereocenters. The first-order chi connectivity index (χ1) is 7.31. The molecule has 1 aromatic carbocycles. The Kier molecular flexibility index (Phi) is 2.41. The Morgan fingerprint density at radius 1 is 1.40 bits per heavy atom. The van der Waals surface area contributed by atoms with E-state index in [1.54, 1.807) is 18.3 Å². The number of aromatic hydroxyl groups is 1. The second-order valence-corrected chi connectivity index (χ2v) is 3.09. The van der Waals surface area contributed by atoms with Gasteiger partial charge in [0.05, 0.1) is 0 Å². The highest BCUT2D eigenvalue weighted by molar-refractivity contribution is 5.84. The number of phenols is 1. The predicted octanol–water partition coefficient (Wildman–Crippen LogP) is 1.59. The van der Waals surface area contributed by atoms with Crippen molar-refractivity contribution in [1.29, 1.82) is 0 Å². The zero-order valence-electron chi connectivity index (χ0n) is 7.90. The van der Waals surface area contributed by atoms with Gasteiger partial charge in [0, 0.05) is 34.9 Å². The lowest BCUT2D eigenvalue weighted by Crippen LogP contribution is -1.97. The van der Waals surface area contributed by atoms with Crippen molar-refractivity contribution in [3.05, 3.63) is 36.2 Å². The van der Waals surface area contributed by atoms with Crippen molar-refractivity contribution < 1.29 is 9.90 Å². The first-order valence-corrected chi connectivity index (χ1v) is 4.47. The standard InChI is InChI=1S/C11H10N2O2/c14-7-12-3-1-9-5-8-2-4-13-10(8)6-11(9)15/h1-7,13,15H,(H,12,14). The highest BCUT2D eigenvalue weighted by Crippen LogP contribution is 2.24. The van der Waals surface area contributed by atoms with Gasteiger partial charge in [-0.1, -0.05) is 0 Å². The Labute approximate surface area is 86.2 Å². The van der Waals surface area contributed by atoms with Crippen molar-refractivity contribution >= 4 is 23.4 Å². The molecular formula is C11H10N2O2. The zero-order valence-corrected chi connectivity index (χ0v) is 7.90. The van der Waals surface area contributed by atoms with E-state index in [2.05, 4.69) is 10.3 Å². The number of aromatic amines is 1. The van der Waals surface area contributed by atoms with Crippen LogP contribution in [0.2, 0.25) is 0 Å². The molecule has 2 rings (SSSR count). The van der Waals surface area contributed by atoms with Crippen LogP contribution in [0.25, 0.3) is 17.0 Å². The van der Waals surface area contributed by atoms with Crippen LogP contribution in [0.15, 0.2) is 30.6 Å². The lowest BCUT2D eigenvalue weighted by Gasteiger charge is -1.99. The number of fused-ring (bicyclic) bond motifs is 1. The summed E-state index contributed by atoms with van der Waals surface area (Å²) in [6, 6.07) is 5.40. The van der Waals surface area contributed by atoms with Gasteiger partial charge in [0.25, 0.3) is 0 Å². The molecule has 76 valence electrons. The predicted molar refractivity (Wildman–Crippen MR) is 58.2 cm³/mol. The number of phenolic OH excluding ortho intramolecular Hbond substituents is 1. The second kappa shape index (κ2) is 3.88. The molecule has 2 aromatic rings. The summed E-state index contributed by atoms with van der Waals surface area (Å²) in [4.78, 5) is 13.0. The molecule has 0 unspecified atom stereocenters. The van der Waals surface area contributed by atoms with Crippen molar-refractivity contribution in [3.8, 4) is 5.75 Å². The molecular weight excluding hydrogens is 192 g/mol. The number of amides is 1. The van der Waals surface area contributed by atoms with Gasteiger partial charge in [-0.2, -0.15) is 0 Å². The molecule has 15 heavy (non-hydrogen) atoms. The molecule has 4 nitrogen and oxygen atoms in total. The molecule has 0 aliphatic heterocycles. The molecule has 4 heteroatoms. The average Bonchev–Trinajstić information content (AvgIpc) is 2.65.